The molecule has 2 unspecified atom stereocenters. The van der Waals surface area contributed by atoms with Gasteiger partial charge in [0, 0.05) is 31.9 Å². The Labute approximate surface area is 204 Å². The highest BCUT2D eigenvalue weighted by Crippen LogP contribution is 2.43. The topological polar surface area (TPSA) is 151 Å². The van der Waals surface area contributed by atoms with Crippen molar-refractivity contribution < 1.29 is 24.2 Å². The number of rotatable bonds is 7. The van der Waals surface area contributed by atoms with Crippen LogP contribution in [0.1, 0.15) is 24.1 Å². The summed E-state index contributed by atoms with van der Waals surface area (Å²) in [6.07, 6.45) is -0.456. The fraction of sp³-hybridized carbons (Fsp3) is 0.364. The Kier molecular flexibility index (Phi) is 9.22. The first-order valence-corrected chi connectivity index (χ1v) is 10.0. The number of fused-ring (bicyclic) bond motifs is 1. The summed E-state index contributed by atoms with van der Waals surface area (Å²) in [5, 5.41) is 37.4. The third-order valence-corrected chi connectivity index (χ3v) is 5.40. The van der Waals surface area contributed by atoms with Gasteiger partial charge in [-0.05, 0) is 18.6 Å². The molecule has 0 saturated heterocycles. The number of non-ortho nitro benzene ring substituents is 1. The molecule has 3 N–H and O–H groups in total. The van der Waals surface area contributed by atoms with Gasteiger partial charge >= 0.3 is 0 Å². The van der Waals surface area contributed by atoms with Crippen LogP contribution in [0, 0.1) is 21.6 Å². The van der Waals surface area contributed by atoms with Crippen molar-refractivity contribution in [3.05, 3.63) is 69.8 Å². The lowest BCUT2D eigenvalue weighted by molar-refractivity contribution is -0.385. The number of nitrogens with zero attached hydrogens (tertiary/aromatic N) is 3. The molecule has 1 heterocycles. The molecule has 0 aromatic heterocycles. The quantitative estimate of drug-likeness (QED) is 0.101. The summed E-state index contributed by atoms with van der Waals surface area (Å²) in [5.41, 5.74) is -0.330. The van der Waals surface area contributed by atoms with Crippen LogP contribution in [0.5, 0.6) is 5.75 Å². The van der Waals surface area contributed by atoms with Crippen molar-refractivity contribution in [1.29, 1.82) is 5.26 Å². The van der Waals surface area contributed by atoms with Gasteiger partial charge in [-0.25, -0.2) is 4.99 Å². The van der Waals surface area contributed by atoms with Gasteiger partial charge in [-0.1, -0.05) is 30.3 Å². The number of aliphatic imine (C=N–C) groups is 1. The highest BCUT2D eigenvalue weighted by atomic mass is 32.1. The molecule has 0 bridgehead atoms. The third kappa shape index (κ3) is 5.57. The Morgan fingerprint density at radius 3 is 2.59 bits per heavy atom. The molecule has 3 atom stereocenters. The Morgan fingerprint density at radius 2 is 2.00 bits per heavy atom. The van der Waals surface area contributed by atoms with Gasteiger partial charge in [0.05, 0.1) is 17.5 Å². The normalized spacial score (nSPS) is 21.5. The number of nitro groups is 1. The molecule has 3 rings (SSSR count). The Balaban J connectivity index is 0.00000408. The van der Waals surface area contributed by atoms with Crippen molar-refractivity contribution in [2.45, 2.75) is 37.5 Å². The second kappa shape index (κ2) is 11.7. The van der Waals surface area contributed by atoms with E-state index >= 15 is 0 Å². The van der Waals surface area contributed by atoms with E-state index in [9.17, 15) is 20.5 Å². The zero-order chi connectivity index (χ0) is 24.0. The number of methoxy groups -OCH3 is 2. The minimum atomic E-state index is -1.39. The summed E-state index contributed by atoms with van der Waals surface area (Å²) in [7, 11) is 2.82. The van der Waals surface area contributed by atoms with Crippen LogP contribution in [0.15, 0.2) is 53.5 Å². The van der Waals surface area contributed by atoms with Crippen LogP contribution in [-0.4, -0.2) is 48.2 Å². The van der Waals surface area contributed by atoms with Crippen LogP contribution >= 0.6 is 13.5 Å². The molecule has 2 aromatic rings. The molecular formula is C22H27N5O6S. The van der Waals surface area contributed by atoms with Crippen molar-refractivity contribution in [3.8, 4) is 11.9 Å². The van der Waals surface area contributed by atoms with E-state index in [1.807, 2.05) is 36.5 Å². The summed E-state index contributed by atoms with van der Waals surface area (Å²) >= 11 is 0. The molecule has 0 fully saturated rings. The number of ether oxygens (including phenoxy) is 3. The number of hydrogen-bond acceptors (Lipinski definition) is 8. The van der Waals surface area contributed by atoms with Crippen LogP contribution in [-0.2, 0) is 16.0 Å². The minimum absolute atomic E-state index is 0. The second-order valence-electron chi connectivity index (χ2n) is 7.52. The Bertz CT molecular complexity index is 1060. The molecule has 12 heteroatoms. The highest BCUT2D eigenvalue weighted by Gasteiger charge is 2.52. The SMILES string of the molecule is COC(OC)[C@]1(C)Oc2ccc([N+](=O)[O-])cc2C(NC(=NCc2ccccc2)NC#N)C1O.S. The van der Waals surface area contributed by atoms with Crippen molar-refractivity contribution in [3.63, 3.8) is 0 Å². The van der Waals surface area contributed by atoms with Gasteiger partial charge in [-0.3, -0.25) is 15.4 Å². The van der Waals surface area contributed by atoms with Gasteiger partial charge in [0.25, 0.3) is 5.69 Å². The maximum Gasteiger partial charge on any atom is 0.270 e. The molecule has 0 amide bonds. The minimum Gasteiger partial charge on any atom is -0.479 e. The predicted octanol–water partition coefficient (Wildman–Crippen LogP) is 2.10. The van der Waals surface area contributed by atoms with E-state index in [2.05, 4.69) is 15.6 Å². The first-order valence-electron chi connectivity index (χ1n) is 10.0. The van der Waals surface area contributed by atoms with Crippen LogP contribution in [0.4, 0.5) is 5.69 Å². The Hall–Kier alpha value is -3.37. The van der Waals surface area contributed by atoms with Gasteiger partial charge in [-0.15, -0.1) is 0 Å². The number of benzene rings is 2. The van der Waals surface area contributed by atoms with Crippen molar-refractivity contribution in [1.82, 2.24) is 10.6 Å². The number of hydrogen-bond donors (Lipinski definition) is 3. The third-order valence-electron chi connectivity index (χ3n) is 5.40. The zero-order valence-corrected chi connectivity index (χ0v) is 19.9. The van der Waals surface area contributed by atoms with Gasteiger partial charge in [0.15, 0.2) is 18.1 Å². The van der Waals surface area contributed by atoms with E-state index in [1.54, 1.807) is 6.92 Å². The summed E-state index contributed by atoms with van der Waals surface area (Å²) < 4.78 is 16.7. The van der Waals surface area contributed by atoms with Crippen molar-refractivity contribution >= 4 is 25.1 Å². The first kappa shape index (κ1) is 26.9. The number of nitro benzene ring substituents is 1. The maximum absolute atomic E-state index is 11.3. The van der Waals surface area contributed by atoms with E-state index in [1.165, 1.54) is 32.4 Å². The fourth-order valence-electron chi connectivity index (χ4n) is 3.77. The van der Waals surface area contributed by atoms with E-state index in [-0.39, 0.29) is 31.7 Å². The van der Waals surface area contributed by atoms with E-state index in [4.69, 9.17) is 14.2 Å². The molecule has 11 nitrogen and oxygen atoms in total. The lowest BCUT2D eigenvalue weighted by Gasteiger charge is -2.46. The molecule has 0 aliphatic carbocycles. The van der Waals surface area contributed by atoms with Crippen LogP contribution < -0.4 is 15.4 Å². The molecule has 182 valence electrons. The average molecular weight is 490 g/mol. The van der Waals surface area contributed by atoms with Crippen molar-refractivity contribution in [2.75, 3.05) is 14.2 Å². The molecule has 0 saturated carbocycles. The number of nitrogens with one attached hydrogen (secondary N) is 2. The van der Waals surface area contributed by atoms with Gasteiger partial charge in [-0.2, -0.15) is 18.8 Å². The summed E-state index contributed by atoms with van der Waals surface area (Å²) in [6.45, 7) is 1.86. The lowest BCUT2D eigenvalue weighted by Crippen LogP contribution is -2.62. The van der Waals surface area contributed by atoms with Crippen molar-refractivity contribution in [2.24, 2.45) is 4.99 Å². The van der Waals surface area contributed by atoms with Gasteiger partial charge in [0.1, 0.15) is 11.9 Å². The van der Waals surface area contributed by atoms with E-state index in [0.717, 1.165) is 5.56 Å². The zero-order valence-electron chi connectivity index (χ0n) is 18.9. The number of aliphatic hydroxyl groups is 1. The number of aliphatic hydroxyl groups excluding tert-OH is 1. The maximum atomic E-state index is 11.3. The smallest absolute Gasteiger partial charge is 0.270 e. The largest absolute Gasteiger partial charge is 0.479 e. The summed E-state index contributed by atoms with van der Waals surface area (Å²) in [6, 6.07) is 12.5. The number of nitriles is 1. The van der Waals surface area contributed by atoms with Crippen LogP contribution in [0.2, 0.25) is 0 Å². The number of guanidine groups is 1. The molecule has 34 heavy (non-hydrogen) atoms. The standard InChI is InChI=1S/C22H25N5O6.H2S/c1-22(20(31-2)32-3)19(28)18(16-11-15(27(29)30)9-10-17(16)33-22)26-21(25-13-23)24-12-14-7-5-4-6-8-14;/h4-11,18-20,28H,12H2,1-3H3,(H2,24,25,26);1H2/t18?,19?,22-;/m1./s1. The first-order chi connectivity index (χ1) is 15.8. The summed E-state index contributed by atoms with van der Waals surface area (Å²) in [5.74, 6) is 0.378. The Morgan fingerprint density at radius 1 is 1.32 bits per heavy atom. The molecule has 0 spiro atoms. The molecule has 2 aromatic carbocycles. The van der Waals surface area contributed by atoms with Crippen LogP contribution in [0.3, 0.4) is 0 Å². The van der Waals surface area contributed by atoms with Crippen LogP contribution in [0.25, 0.3) is 0 Å². The molecule has 0 radical (unpaired) electrons. The monoisotopic (exact) mass is 489 g/mol. The second-order valence-corrected chi connectivity index (χ2v) is 7.52. The van der Waals surface area contributed by atoms with Gasteiger partial charge < -0.3 is 24.6 Å². The lowest BCUT2D eigenvalue weighted by atomic mass is 9.84. The molecule has 1 aliphatic heterocycles. The van der Waals surface area contributed by atoms with E-state index in [0.29, 0.717) is 11.3 Å². The highest BCUT2D eigenvalue weighted by molar-refractivity contribution is 7.59. The molecule has 1 aliphatic rings. The van der Waals surface area contributed by atoms with E-state index < -0.39 is 29.0 Å². The fourth-order valence-corrected chi connectivity index (χ4v) is 3.77. The van der Waals surface area contributed by atoms with Gasteiger partial charge in [0.2, 0.25) is 5.96 Å². The molecular weight excluding hydrogens is 462 g/mol. The predicted molar refractivity (Wildman–Crippen MR) is 129 cm³/mol. The average Bonchev–Trinajstić information content (AvgIpc) is 2.81. The summed E-state index contributed by atoms with van der Waals surface area (Å²) in [4.78, 5) is 15.2.